The van der Waals surface area contributed by atoms with Gasteiger partial charge in [-0.25, -0.2) is 4.39 Å². The Kier molecular flexibility index (Phi) is 1.24. The van der Waals surface area contributed by atoms with Crippen LogP contribution in [0.15, 0.2) is 10.8 Å². The van der Waals surface area contributed by atoms with E-state index in [1.54, 1.807) is 0 Å². The summed E-state index contributed by atoms with van der Waals surface area (Å²) in [7, 11) is 0. The van der Waals surface area contributed by atoms with Crippen molar-refractivity contribution in [2.45, 2.75) is 13.1 Å². The van der Waals surface area contributed by atoms with E-state index in [-0.39, 0.29) is 5.89 Å². The van der Waals surface area contributed by atoms with Crippen molar-refractivity contribution in [3.8, 4) is 0 Å². The molecule has 0 bridgehead atoms. The van der Waals surface area contributed by atoms with Gasteiger partial charge in [0, 0.05) is 0 Å². The highest BCUT2D eigenvalue weighted by Crippen LogP contribution is 2.10. The summed E-state index contributed by atoms with van der Waals surface area (Å²) in [6, 6.07) is 0. The van der Waals surface area contributed by atoms with E-state index in [1.807, 2.05) is 0 Å². The van der Waals surface area contributed by atoms with Crippen molar-refractivity contribution in [1.82, 2.24) is 10.2 Å². The average molecular weight is 116 g/mol. The molecule has 0 saturated heterocycles. The zero-order valence-corrected chi connectivity index (χ0v) is 4.34. The van der Waals surface area contributed by atoms with Crippen molar-refractivity contribution in [2.75, 3.05) is 0 Å². The van der Waals surface area contributed by atoms with E-state index in [4.69, 9.17) is 0 Å². The summed E-state index contributed by atoms with van der Waals surface area (Å²) in [6.45, 7) is 1.34. The van der Waals surface area contributed by atoms with Crippen molar-refractivity contribution in [2.24, 2.45) is 0 Å². The quantitative estimate of drug-likeness (QED) is 0.551. The van der Waals surface area contributed by atoms with Crippen LogP contribution in [0, 0.1) is 0 Å². The van der Waals surface area contributed by atoms with Crippen LogP contribution in [0.4, 0.5) is 4.39 Å². The molecule has 0 radical (unpaired) electrons. The molecule has 44 valence electrons. The maximum atomic E-state index is 12.1. The second-order valence-electron chi connectivity index (χ2n) is 1.39. The lowest BCUT2D eigenvalue weighted by molar-refractivity contribution is 0.299. The summed E-state index contributed by atoms with van der Waals surface area (Å²) in [6.07, 6.45) is -0.0525. The molecule has 0 saturated carbocycles. The van der Waals surface area contributed by atoms with Gasteiger partial charge in [0.2, 0.25) is 12.3 Å². The molecule has 0 aromatic carbocycles. The lowest BCUT2D eigenvalue weighted by Gasteiger charge is -1.87. The fraction of sp³-hybridized carbons (Fsp3) is 0.500. The number of nitrogens with zero attached hydrogens (tertiary/aromatic N) is 2. The van der Waals surface area contributed by atoms with Gasteiger partial charge < -0.3 is 4.42 Å². The lowest BCUT2D eigenvalue weighted by Crippen LogP contribution is -1.83. The molecular weight excluding hydrogens is 111 g/mol. The summed E-state index contributed by atoms with van der Waals surface area (Å²) in [4.78, 5) is 0. The first kappa shape index (κ1) is 5.21. The van der Waals surface area contributed by atoms with Gasteiger partial charge in [0.1, 0.15) is 0 Å². The van der Waals surface area contributed by atoms with Crippen LogP contribution in [0.2, 0.25) is 0 Å². The van der Waals surface area contributed by atoms with Gasteiger partial charge in [0.25, 0.3) is 0 Å². The standard InChI is InChI=1S/C4H5FN2O/c1-3(5)4-7-6-2-8-4/h2-3H,1H3/t3-/m1/s1. The third-order valence-electron chi connectivity index (χ3n) is 0.717. The third-order valence-corrected chi connectivity index (χ3v) is 0.717. The summed E-state index contributed by atoms with van der Waals surface area (Å²) in [5, 5.41) is 6.61. The Morgan fingerprint density at radius 3 is 2.88 bits per heavy atom. The van der Waals surface area contributed by atoms with Crippen molar-refractivity contribution in [3.05, 3.63) is 12.3 Å². The molecule has 1 heterocycles. The van der Waals surface area contributed by atoms with E-state index in [1.165, 1.54) is 6.92 Å². The van der Waals surface area contributed by atoms with Gasteiger partial charge in [-0.3, -0.25) is 0 Å². The molecule has 0 amide bonds. The van der Waals surface area contributed by atoms with Gasteiger partial charge in [-0.2, -0.15) is 0 Å². The first-order chi connectivity index (χ1) is 3.80. The highest BCUT2D eigenvalue weighted by Gasteiger charge is 2.06. The molecule has 0 fully saturated rings. The fourth-order valence-electron chi connectivity index (χ4n) is 0.355. The third kappa shape index (κ3) is 0.828. The Morgan fingerprint density at radius 1 is 1.88 bits per heavy atom. The zero-order valence-electron chi connectivity index (χ0n) is 4.34. The van der Waals surface area contributed by atoms with Crippen LogP contribution in [0.1, 0.15) is 19.0 Å². The molecule has 0 aliphatic carbocycles. The van der Waals surface area contributed by atoms with E-state index < -0.39 is 6.17 Å². The van der Waals surface area contributed by atoms with Crippen LogP contribution in [-0.4, -0.2) is 10.2 Å². The Balaban J connectivity index is 2.77. The second-order valence-corrected chi connectivity index (χ2v) is 1.39. The summed E-state index contributed by atoms with van der Waals surface area (Å²) < 4.78 is 16.6. The van der Waals surface area contributed by atoms with Crippen LogP contribution < -0.4 is 0 Å². The minimum absolute atomic E-state index is 0.0324. The van der Waals surface area contributed by atoms with Crippen molar-refractivity contribution >= 4 is 0 Å². The number of hydrogen-bond acceptors (Lipinski definition) is 3. The summed E-state index contributed by atoms with van der Waals surface area (Å²) in [5.41, 5.74) is 0. The molecule has 0 unspecified atom stereocenters. The molecule has 8 heavy (non-hydrogen) atoms. The van der Waals surface area contributed by atoms with Gasteiger partial charge >= 0.3 is 0 Å². The lowest BCUT2D eigenvalue weighted by atomic mass is 10.4. The van der Waals surface area contributed by atoms with Crippen LogP contribution in [-0.2, 0) is 0 Å². The summed E-state index contributed by atoms with van der Waals surface area (Å²) in [5.74, 6) is 0.0324. The summed E-state index contributed by atoms with van der Waals surface area (Å²) >= 11 is 0. The van der Waals surface area contributed by atoms with Crippen molar-refractivity contribution in [3.63, 3.8) is 0 Å². The Labute approximate surface area is 45.5 Å². The van der Waals surface area contributed by atoms with Crippen LogP contribution in [0.25, 0.3) is 0 Å². The highest BCUT2D eigenvalue weighted by molar-refractivity contribution is 4.75. The molecule has 0 N–H and O–H groups in total. The van der Waals surface area contributed by atoms with Crippen LogP contribution in [0.5, 0.6) is 0 Å². The molecular formula is C4H5FN2O. The van der Waals surface area contributed by atoms with Gasteiger partial charge in [0.15, 0.2) is 6.17 Å². The number of hydrogen-bond donors (Lipinski definition) is 0. The number of rotatable bonds is 1. The first-order valence-corrected chi connectivity index (χ1v) is 2.21. The first-order valence-electron chi connectivity index (χ1n) is 2.21. The van der Waals surface area contributed by atoms with Crippen molar-refractivity contribution < 1.29 is 8.81 Å². The number of halogens is 1. The smallest absolute Gasteiger partial charge is 0.249 e. The molecule has 4 heteroatoms. The fourth-order valence-corrected chi connectivity index (χ4v) is 0.355. The molecule has 1 rings (SSSR count). The minimum atomic E-state index is -1.16. The van der Waals surface area contributed by atoms with E-state index in [9.17, 15) is 4.39 Å². The zero-order chi connectivity index (χ0) is 5.98. The predicted molar refractivity (Wildman–Crippen MR) is 23.8 cm³/mol. The topological polar surface area (TPSA) is 38.9 Å². The highest BCUT2D eigenvalue weighted by atomic mass is 19.1. The maximum absolute atomic E-state index is 12.1. The predicted octanol–water partition coefficient (Wildman–Crippen LogP) is 1.10. The van der Waals surface area contributed by atoms with Gasteiger partial charge in [-0.15, -0.1) is 10.2 Å². The molecule has 0 spiro atoms. The molecule has 0 aliphatic heterocycles. The number of aromatic nitrogens is 2. The van der Waals surface area contributed by atoms with Gasteiger partial charge in [-0.1, -0.05) is 0 Å². The maximum Gasteiger partial charge on any atom is 0.249 e. The van der Waals surface area contributed by atoms with E-state index in [0.29, 0.717) is 0 Å². The molecule has 1 aromatic heterocycles. The molecule has 1 aromatic rings. The van der Waals surface area contributed by atoms with Crippen LogP contribution >= 0.6 is 0 Å². The molecule has 0 aliphatic rings. The van der Waals surface area contributed by atoms with E-state index >= 15 is 0 Å². The van der Waals surface area contributed by atoms with Gasteiger partial charge in [-0.05, 0) is 6.92 Å². The monoisotopic (exact) mass is 116 g/mol. The number of alkyl halides is 1. The van der Waals surface area contributed by atoms with Crippen molar-refractivity contribution in [1.29, 1.82) is 0 Å². The van der Waals surface area contributed by atoms with E-state index in [0.717, 1.165) is 6.39 Å². The Morgan fingerprint density at radius 2 is 2.62 bits per heavy atom. The van der Waals surface area contributed by atoms with Gasteiger partial charge in [0.05, 0.1) is 0 Å². The SMILES string of the molecule is C[C@@H](F)c1nnco1. The molecule has 3 nitrogen and oxygen atoms in total. The average Bonchev–Trinajstić information content (AvgIpc) is 2.12. The minimum Gasteiger partial charge on any atom is -0.425 e. The normalized spacial score (nSPS) is 13.8. The van der Waals surface area contributed by atoms with E-state index in [2.05, 4.69) is 14.6 Å². The Bertz CT molecular complexity index is 149. The molecule has 1 atom stereocenters. The largest absolute Gasteiger partial charge is 0.425 e. The van der Waals surface area contributed by atoms with Crippen LogP contribution in [0.3, 0.4) is 0 Å². The Hall–Kier alpha value is -0.930. The second kappa shape index (κ2) is 1.90.